The fourth-order valence-corrected chi connectivity index (χ4v) is 3.78. The van der Waals surface area contributed by atoms with Crippen LogP contribution in [-0.4, -0.2) is 27.9 Å². The van der Waals surface area contributed by atoms with Crippen molar-refractivity contribution in [1.82, 2.24) is 0 Å². The van der Waals surface area contributed by atoms with Crippen LogP contribution in [0.15, 0.2) is 60.7 Å². The van der Waals surface area contributed by atoms with E-state index in [2.05, 4.69) is 37.5 Å². The fraction of sp³-hybridized carbons (Fsp3) is 0.333. The Bertz CT molecular complexity index is 1250. The van der Waals surface area contributed by atoms with Crippen molar-refractivity contribution in [2.75, 3.05) is 27.9 Å². The molecule has 3 aromatic rings. The number of ether oxygens (including phenoxy) is 4. The molecule has 0 aromatic heterocycles. The van der Waals surface area contributed by atoms with Gasteiger partial charge in [0.15, 0.2) is 0 Å². The largest absolute Gasteiger partial charge is 0.497 e. The molecular formula is C33H36O4. The molecule has 0 radical (unpaired) electrons. The lowest BCUT2D eigenvalue weighted by Gasteiger charge is -2.17. The molecule has 3 aromatic carbocycles. The number of rotatable bonds is 10. The molecule has 4 heteroatoms. The van der Waals surface area contributed by atoms with Crippen LogP contribution < -0.4 is 18.9 Å². The molecule has 0 bridgehead atoms. The van der Waals surface area contributed by atoms with Crippen LogP contribution >= 0.6 is 0 Å². The van der Waals surface area contributed by atoms with Gasteiger partial charge in [-0.3, -0.25) is 0 Å². The summed E-state index contributed by atoms with van der Waals surface area (Å²) in [6.07, 6.45) is 4.61. The molecule has 0 saturated heterocycles. The van der Waals surface area contributed by atoms with Crippen molar-refractivity contribution in [3.63, 3.8) is 0 Å². The van der Waals surface area contributed by atoms with Crippen LogP contribution in [0.3, 0.4) is 0 Å². The van der Waals surface area contributed by atoms with E-state index in [-0.39, 0.29) is 0 Å². The second-order valence-corrected chi connectivity index (χ2v) is 8.73. The van der Waals surface area contributed by atoms with Gasteiger partial charge in [0.25, 0.3) is 0 Å². The monoisotopic (exact) mass is 496 g/mol. The summed E-state index contributed by atoms with van der Waals surface area (Å²) in [5.41, 5.74) is 3.31. The van der Waals surface area contributed by atoms with Crippen LogP contribution in [0.4, 0.5) is 0 Å². The molecule has 4 nitrogen and oxygen atoms in total. The van der Waals surface area contributed by atoms with Crippen molar-refractivity contribution in [2.45, 2.75) is 39.5 Å². The van der Waals surface area contributed by atoms with Gasteiger partial charge in [-0.05, 0) is 60.9 Å². The molecule has 0 amide bonds. The van der Waals surface area contributed by atoms with Gasteiger partial charge >= 0.3 is 0 Å². The summed E-state index contributed by atoms with van der Waals surface area (Å²) in [4.78, 5) is 0. The first kappa shape index (κ1) is 27.6. The maximum Gasteiger partial charge on any atom is 0.136 e. The highest BCUT2D eigenvalue weighted by atomic mass is 16.5. The fourth-order valence-electron chi connectivity index (χ4n) is 3.78. The molecule has 0 aliphatic rings. The van der Waals surface area contributed by atoms with Gasteiger partial charge in [0.05, 0.1) is 39.1 Å². The molecule has 0 aliphatic carbocycles. The van der Waals surface area contributed by atoms with Crippen LogP contribution in [0.1, 0.15) is 61.8 Å². The smallest absolute Gasteiger partial charge is 0.136 e. The van der Waals surface area contributed by atoms with Crippen LogP contribution in [0.2, 0.25) is 0 Å². The first-order valence-corrected chi connectivity index (χ1v) is 12.8. The van der Waals surface area contributed by atoms with Gasteiger partial charge in [0.1, 0.15) is 23.0 Å². The van der Waals surface area contributed by atoms with Crippen molar-refractivity contribution in [3.05, 3.63) is 82.9 Å². The molecule has 0 N–H and O–H groups in total. The van der Waals surface area contributed by atoms with Gasteiger partial charge in [0.2, 0.25) is 0 Å². The predicted octanol–water partition coefficient (Wildman–Crippen LogP) is 7.11. The standard InChI is InChI=1S/C33H36O4/c1-6-8-9-25(7-2)24-37-33-23-28(16-10-26-12-18-30(34-3)19-13-26)32(36-5)22-29(33)17-11-27-14-20-31(35-4)21-15-27/h12-15,18-23,25H,6-9,24H2,1-5H3. The first-order valence-electron chi connectivity index (χ1n) is 12.8. The van der Waals surface area contributed by atoms with Crippen molar-refractivity contribution >= 4 is 0 Å². The van der Waals surface area contributed by atoms with Crippen molar-refractivity contribution in [3.8, 4) is 46.7 Å². The number of unbranched alkanes of at least 4 members (excludes halogenated alkanes) is 1. The van der Waals surface area contributed by atoms with E-state index in [0.717, 1.165) is 52.3 Å². The van der Waals surface area contributed by atoms with E-state index >= 15 is 0 Å². The molecule has 37 heavy (non-hydrogen) atoms. The summed E-state index contributed by atoms with van der Waals surface area (Å²) in [6, 6.07) is 19.2. The minimum atomic E-state index is 0.498. The summed E-state index contributed by atoms with van der Waals surface area (Å²) >= 11 is 0. The Hall–Kier alpha value is -4.02. The Morgan fingerprint density at radius 2 is 1.16 bits per heavy atom. The summed E-state index contributed by atoms with van der Waals surface area (Å²) in [6.45, 7) is 5.08. The summed E-state index contributed by atoms with van der Waals surface area (Å²) in [5.74, 6) is 16.5. The highest BCUT2D eigenvalue weighted by Gasteiger charge is 2.13. The molecule has 0 aliphatic heterocycles. The molecular weight excluding hydrogens is 460 g/mol. The highest BCUT2D eigenvalue weighted by Crippen LogP contribution is 2.29. The zero-order valence-corrected chi connectivity index (χ0v) is 22.5. The second-order valence-electron chi connectivity index (χ2n) is 8.73. The minimum absolute atomic E-state index is 0.498. The molecule has 0 saturated carbocycles. The Kier molecular flexibility index (Phi) is 10.8. The third kappa shape index (κ3) is 8.26. The van der Waals surface area contributed by atoms with Crippen molar-refractivity contribution in [1.29, 1.82) is 0 Å². The maximum absolute atomic E-state index is 6.37. The van der Waals surface area contributed by atoms with Gasteiger partial charge in [-0.1, -0.05) is 56.8 Å². The van der Waals surface area contributed by atoms with E-state index in [1.807, 2.05) is 60.7 Å². The minimum Gasteiger partial charge on any atom is -0.497 e. The Labute approximate surface area is 221 Å². The molecule has 3 rings (SSSR count). The summed E-state index contributed by atoms with van der Waals surface area (Å²) in [7, 11) is 4.95. The summed E-state index contributed by atoms with van der Waals surface area (Å²) < 4.78 is 22.5. The van der Waals surface area contributed by atoms with Crippen molar-refractivity contribution in [2.24, 2.45) is 5.92 Å². The average molecular weight is 497 g/mol. The highest BCUT2D eigenvalue weighted by molar-refractivity contribution is 5.60. The van der Waals surface area contributed by atoms with Crippen molar-refractivity contribution < 1.29 is 18.9 Å². The molecule has 192 valence electrons. The van der Waals surface area contributed by atoms with Crippen LogP contribution in [0.25, 0.3) is 0 Å². The first-order chi connectivity index (χ1) is 18.1. The molecule has 0 spiro atoms. The molecule has 1 unspecified atom stereocenters. The number of hydrogen-bond donors (Lipinski definition) is 0. The van der Waals surface area contributed by atoms with E-state index in [0.29, 0.717) is 18.3 Å². The Morgan fingerprint density at radius 1 is 0.649 bits per heavy atom. The van der Waals surface area contributed by atoms with Crippen LogP contribution in [-0.2, 0) is 0 Å². The second kappa shape index (κ2) is 14.5. The molecule has 1 atom stereocenters. The lowest BCUT2D eigenvalue weighted by atomic mass is 10.0. The third-order valence-electron chi connectivity index (χ3n) is 6.18. The number of benzene rings is 3. The topological polar surface area (TPSA) is 36.9 Å². The average Bonchev–Trinajstić information content (AvgIpc) is 2.95. The van der Waals surface area contributed by atoms with Gasteiger partial charge in [-0.25, -0.2) is 0 Å². The number of hydrogen-bond acceptors (Lipinski definition) is 4. The van der Waals surface area contributed by atoms with E-state index in [1.165, 1.54) is 12.8 Å². The summed E-state index contributed by atoms with van der Waals surface area (Å²) in [5, 5.41) is 0. The van der Waals surface area contributed by atoms with E-state index < -0.39 is 0 Å². The Balaban J connectivity index is 1.96. The number of methoxy groups -OCH3 is 3. The van der Waals surface area contributed by atoms with E-state index in [4.69, 9.17) is 18.9 Å². The SMILES string of the molecule is CCCCC(CC)COc1cc(C#Cc2ccc(OC)cc2)c(OC)cc1C#Cc1ccc(OC)cc1. The van der Waals surface area contributed by atoms with Gasteiger partial charge < -0.3 is 18.9 Å². The van der Waals surface area contributed by atoms with Crippen LogP contribution in [0.5, 0.6) is 23.0 Å². The molecule has 0 heterocycles. The Morgan fingerprint density at radius 3 is 1.62 bits per heavy atom. The van der Waals surface area contributed by atoms with Gasteiger partial charge in [0, 0.05) is 23.3 Å². The molecule has 0 fully saturated rings. The predicted molar refractivity (Wildman–Crippen MR) is 150 cm³/mol. The lowest BCUT2D eigenvalue weighted by molar-refractivity contribution is 0.232. The van der Waals surface area contributed by atoms with E-state index in [1.54, 1.807) is 21.3 Å². The third-order valence-corrected chi connectivity index (χ3v) is 6.18. The normalized spacial score (nSPS) is 10.8. The quantitative estimate of drug-likeness (QED) is 0.280. The van der Waals surface area contributed by atoms with E-state index in [9.17, 15) is 0 Å². The maximum atomic E-state index is 6.37. The van der Waals surface area contributed by atoms with Gasteiger partial charge in [-0.2, -0.15) is 0 Å². The zero-order valence-electron chi connectivity index (χ0n) is 22.5. The van der Waals surface area contributed by atoms with Crippen LogP contribution in [0, 0.1) is 29.6 Å². The lowest BCUT2D eigenvalue weighted by Crippen LogP contribution is -2.12. The van der Waals surface area contributed by atoms with Gasteiger partial charge in [-0.15, -0.1) is 0 Å². The zero-order chi connectivity index (χ0) is 26.5.